The standard InChI is InChI=1S/C56H57N5O9/c57-35-37-8-4-10-41(30-37)39-22-26-60(27-23-39)51(63)43-12-6-16-47(32-43)56(54(67)68,46-14-2-1-3-15-46)70-49-20-18-45(19-21-49)55(69,53(65)66)34-50(62)59-48-17-7-13-44(33-48)52(64)61-28-24-40(25-29-61)42-11-5-9-38(31-42)36-58/h1-21,30-33,39-40,69H,22-29,34-36,57-58H2,(H,59,62)(H,65,66)(H,67,68). The fraction of sp³-hybridized carbons (Fsp3) is 0.268. The summed E-state index contributed by atoms with van der Waals surface area (Å²) in [4.78, 5) is 70.9. The summed E-state index contributed by atoms with van der Waals surface area (Å²) in [6.45, 7) is 3.03. The minimum Gasteiger partial charge on any atom is -0.479 e. The molecule has 0 aromatic heterocycles. The predicted octanol–water partition coefficient (Wildman–Crippen LogP) is 7.35. The number of likely N-dealkylation sites (tertiary alicyclic amines) is 2. The Kier molecular flexibility index (Phi) is 14.9. The van der Waals surface area contributed by atoms with Gasteiger partial charge in [0.05, 0.1) is 6.42 Å². The molecule has 0 radical (unpaired) electrons. The number of carboxylic acid groups (broad SMARTS) is 2. The Morgan fingerprint density at radius 1 is 0.557 bits per heavy atom. The maximum Gasteiger partial charge on any atom is 0.357 e. The van der Waals surface area contributed by atoms with Gasteiger partial charge in [0.25, 0.3) is 17.4 Å². The number of hydrogen-bond donors (Lipinski definition) is 6. The summed E-state index contributed by atoms with van der Waals surface area (Å²) in [7, 11) is 0. The molecule has 8 rings (SSSR count). The molecule has 14 nitrogen and oxygen atoms in total. The van der Waals surface area contributed by atoms with Crippen LogP contribution in [0, 0.1) is 0 Å². The van der Waals surface area contributed by atoms with Crippen LogP contribution in [-0.4, -0.2) is 81.0 Å². The van der Waals surface area contributed by atoms with Crippen molar-refractivity contribution in [2.75, 3.05) is 31.5 Å². The lowest BCUT2D eigenvalue weighted by molar-refractivity contribution is -0.162. The van der Waals surface area contributed by atoms with Gasteiger partial charge in [0.2, 0.25) is 5.91 Å². The van der Waals surface area contributed by atoms with E-state index in [4.69, 9.17) is 16.2 Å². The number of piperidine rings is 2. The number of carbonyl (C=O) groups is 5. The number of ether oxygens (including phenoxy) is 1. The smallest absolute Gasteiger partial charge is 0.357 e. The van der Waals surface area contributed by atoms with Crippen molar-refractivity contribution in [3.8, 4) is 5.75 Å². The number of amides is 3. The number of nitrogens with zero attached hydrogens (tertiary/aromatic N) is 2. The highest BCUT2D eigenvalue weighted by atomic mass is 16.5. The molecule has 2 aliphatic heterocycles. The summed E-state index contributed by atoms with van der Waals surface area (Å²) in [5.41, 5.74) is 12.4. The molecular formula is C56H57N5O9. The van der Waals surface area contributed by atoms with Crippen LogP contribution < -0.4 is 21.5 Å². The van der Waals surface area contributed by atoms with Crippen LogP contribution in [0.1, 0.15) is 104 Å². The minimum absolute atomic E-state index is 0.00351. The first-order chi connectivity index (χ1) is 33.8. The molecule has 2 aliphatic rings. The van der Waals surface area contributed by atoms with Crippen LogP contribution in [0.15, 0.2) is 152 Å². The molecule has 2 fully saturated rings. The molecule has 2 saturated heterocycles. The Morgan fingerprint density at radius 2 is 1.06 bits per heavy atom. The van der Waals surface area contributed by atoms with Crippen LogP contribution >= 0.6 is 0 Å². The zero-order chi connectivity index (χ0) is 49.4. The van der Waals surface area contributed by atoms with Gasteiger partial charge < -0.3 is 46.6 Å². The summed E-state index contributed by atoms with van der Waals surface area (Å²) < 4.78 is 6.42. The Balaban J connectivity index is 0.954. The van der Waals surface area contributed by atoms with E-state index < -0.39 is 35.5 Å². The lowest BCUT2D eigenvalue weighted by Crippen LogP contribution is -2.43. The first-order valence-corrected chi connectivity index (χ1v) is 23.5. The summed E-state index contributed by atoms with van der Waals surface area (Å²) >= 11 is 0. The van der Waals surface area contributed by atoms with Crippen molar-refractivity contribution in [3.63, 3.8) is 0 Å². The van der Waals surface area contributed by atoms with Gasteiger partial charge in [-0.3, -0.25) is 14.4 Å². The van der Waals surface area contributed by atoms with Crippen molar-refractivity contribution in [3.05, 3.63) is 202 Å². The Hall–Kier alpha value is -7.65. The van der Waals surface area contributed by atoms with Crippen LogP contribution in [0.3, 0.4) is 0 Å². The number of carboxylic acids is 2. The van der Waals surface area contributed by atoms with Gasteiger partial charge >= 0.3 is 11.9 Å². The number of carbonyl (C=O) groups excluding carboxylic acids is 3. The molecule has 2 heterocycles. The average Bonchev–Trinajstić information content (AvgIpc) is 3.40. The van der Waals surface area contributed by atoms with Gasteiger partial charge in [0, 0.05) is 67.2 Å². The molecule has 2 unspecified atom stereocenters. The fourth-order valence-corrected chi connectivity index (χ4v) is 9.71. The molecule has 6 aromatic carbocycles. The van der Waals surface area contributed by atoms with Crippen molar-refractivity contribution in [2.24, 2.45) is 11.5 Å². The highest BCUT2D eigenvalue weighted by Gasteiger charge is 2.46. The van der Waals surface area contributed by atoms with E-state index in [2.05, 4.69) is 29.6 Å². The van der Waals surface area contributed by atoms with Gasteiger partial charge in [-0.1, -0.05) is 109 Å². The molecule has 0 bridgehead atoms. The lowest BCUT2D eigenvalue weighted by Gasteiger charge is -2.34. The van der Waals surface area contributed by atoms with Crippen molar-refractivity contribution in [2.45, 2.75) is 68.2 Å². The number of nitrogens with two attached hydrogens (primary N) is 2. The third-order valence-electron chi connectivity index (χ3n) is 13.6. The third-order valence-corrected chi connectivity index (χ3v) is 13.6. The SMILES string of the molecule is NCc1cccc(C2CCN(C(=O)c3cccc(NC(=O)CC(O)(C(=O)O)c4ccc(OC(C(=O)O)(c5ccccc5)c5cccc(C(=O)N6CCC(c7cccc(CN)c7)CC6)c5)cc4)c3)CC2)c1. The third kappa shape index (κ3) is 10.5. The number of rotatable bonds is 16. The van der Waals surface area contributed by atoms with E-state index in [-0.39, 0.29) is 51.4 Å². The Labute approximate surface area is 406 Å². The van der Waals surface area contributed by atoms with E-state index in [0.29, 0.717) is 50.7 Å². The molecule has 2 atom stereocenters. The highest BCUT2D eigenvalue weighted by Crippen LogP contribution is 2.38. The van der Waals surface area contributed by atoms with E-state index in [0.717, 1.165) is 36.8 Å². The summed E-state index contributed by atoms with van der Waals surface area (Å²) in [6.07, 6.45) is 2.18. The number of hydrogen-bond acceptors (Lipinski definition) is 9. The van der Waals surface area contributed by atoms with Gasteiger partial charge in [-0.25, -0.2) is 9.59 Å². The first-order valence-electron chi connectivity index (χ1n) is 23.5. The highest BCUT2D eigenvalue weighted by molar-refractivity contribution is 5.99. The molecule has 360 valence electrons. The second kappa shape index (κ2) is 21.3. The molecule has 3 amide bonds. The maximum atomic E-state index is 14.0. The van der Waals surface area contributed by atoms with Crippen LogP contribution in [0.25, 0.3) is 0 Å². The lowest BCUT2D eigenvalue weighted by atomic mass is 9.84. The van der Waals surface area contributed by atoms with Gasteiger partial charge in [0.1, 0.15) is 5.75 Å². The zero-order valence-corrected chi connectivity index (χ0v) is 38.7. The van der Waals surface area contributed by atoms with E-state index in [1.807, 2.05) is 24.3 Å². The quantitative estimate of drug-likeness (QED) is 0.0562. The normalized spacial score (nSPS) is 16.1. The van der Waals surface area contributed by atoms with E-state index in [1.165, 1.54) is 47.5 Å². The molecule has 8 N–H and O–H groups in total. The van der Waals surface area contributed by atoms with E-state index >= 15 is 0 Å². The number of nitrogens with one attached hydrogen (secondary N) is 1. The van der Waals surface area contributed by atoms with Crippen molar-refractivity contribution >= 4 is 35.3 Å². The van der Waals surface area contributed by atoms with Crippen LogP contribution in [0.4, 0.5) is 5.69 Å². The van der Waals surface area contributed by atoms with Gasteiger partial charge in [0.15, 0.2) is 5.60 Å². The summed E-state index contributed by atoms with van der Waals surface area (Å²) in [5.74, 6) is -3.79. The largest absolute Gasteiger partial charge is 0.479 e. The molecule has 0 aliphatic carbocycles. The van der Waals surface area contributed by atoms with Crippen molar-refractivity contribution in [1.29, 1.82) is 0 Å². The zero-order valence-electron chi connectivity index (χ0n) is 38.7. The monoisotopic (exact) mass is 943 g/mol. The average molecular weight is 944 g/mol. The van der Waals surface area contributed by atoms with Crippen LogP contribution in [0.5, 0.6) is 5.75 Å². The second-order valence-corrected chi connectivity index (χ2v) is 18.1. The topological polar surface area (TPSA) is 226 Å². The van der Waals surface area contributed by atoms with Crippen LogP contribution in [0.2, 0.25) is 0 Å². The number of anilines is 1. The number of benzene rings is 6. The summed E-state index contributed by atoms with van der Waals surface area (Å²) in [5, 5.41) is 35.6. The summed E-state index contributed by atoms with van der Waals surface area (Å²) in [6, 6.07) is 42.5. The molecule has 0 spiro atoms. The number of aliphatic hydroxyl groups is 1. The molecule has 6 aromatic rings. The fourth-order valence-electron chi connectivity index (χ4n) is 9.71. The van der Waals surface area contributed by atoms with Crippen LogP contribution in [-0.2, 0) is 38.7 Å². The van der Waals surface area contributed by atoms with Crippen molar-refractivity contribution < 1.29 is 44.0 Å². The van der Waals surface area contributed by atoms with Crippen molar-refractivity contribution in [1.82, 2.24) is 9.80 Å². The Bertz CT molecular complexity index is 2860. The first kappa shape index (κ1) is 48.8. The second-order valence-electron chi connectivity index (χ2n) is 18.1. The predicted molar refractivity (Wildman–Crippen MR) is 264 cm³/mol. The molecular weight excluding hydrogens is 887 g/mol. The number of aliphatic carboxylic acids is 2. The van der Waals surface area contributed by atoms with Gasteiger partial charge in [-0.05, 0) is 108 Å². The van der Waals surface area contributed by atoms with Gasteiger partial charge in [-0.2, -0.15) is 0 Å². The molecule has 14 heteroatoms. The molecule has 70 heavy (non-hydrogen) atoms. The molecule has 0 saturated carbocycles. The van der Waals surface area contributed by atoms with E-state index in [1.54, 1.807) is 76.5 Å². The van der Waals surface area contributed by atoms with Gasteiger partial charge in [-0.15, -0.1) is 0 Å². The van der Waals surface area contributed by atoms with E-state index in [9.17, 15) is 39.3 Å². The minimum atomic E-state index is -2.72. The maximum absolute atomic E-state index is 14.0. The Morgan fingerprint density at radius 3 is 1.57 bits per heavy atom.